The van der Waals surface area contributed by atoms with Crippen LogP contribution in [0.15, 0.2) is 42.7 Å². The molecule has 1 fully saturated rings. The average Bonchev–Trinajstić information content (AvgIpc) is 3.08. The number of carbonyl (C=O) groups is 1. The number of ether oxygens (including phenoxy) is 1. The van der Waals surface area contributed by atoms with Crippen molar-refractivity contribution in [1.29, 1.82) is 5.26 Å². The van der Waals surface area contributed by atoms with Crippen LogP contribution in [0, 0.1) is 11.3 Å². The maximum absolute atomic E-state index is 13.4. The number of amides is 1. The molecule has 0 saturated carbocycles. The van der Waals surface area contributed by atoms with E-state index in [1.165, 1.54) is 42.7 Å². The topological polar surface area (TPSA) is 78.3 Å². The lowest BCUT2D eigenvalue weighted by Crippen LogP contribution is -2.42. The first-order valence-electron chi connectivity index (χ1n) is 7.69. The van der Waals surface area contributed by atoms with Crippen LogP contribution in [0.1, 0.15) is 5.56 Å². The molecular weight excluding hydrogens is 385 g/mol. The number of rotatable bonds is 3. The SMILES string of the molecule is N#Cc1ccc(N2C[C@@H](C(=O)Nc3ccncc3)O[C@@H]2C(F)(F)F)cc1Cl. The molecule has 10 heteroatoms. The van der Waals surface area contributed by atoms with Crippen molar-refractivity contribution in [2.75, 3.05) is 16.8 Å². The van der Waals surface area contributed by atoms with E-state index in [-0.39, 0.29) is 22.8 Å². The van der Waals surface area contributed by atoms with Crippen LogP contribution in [0.25, 0.3) is 0 Å². The molecule has 0 radical (unpaired) electrons. The van der Waals surface area contributed by atoms with E-state index in [1.54, 1.807) is 0 Å². The summed E-state index contributed by atoms with van der Waals surface area (Å²) < 4.78 is 45.2. The van der Waals surface area contributed by atoms with Crippen LogP contribution in [-0.2, 0) is 9.53 Å². The van der Waals surface area contributed by atoms with Crippen molar-refractivity contribution in [3.8, 4) is 6.07 Å². The minimum Gasteiger partial charge on any atom is -0.335 e. The van der Waals surface area contributed by atoms with E-state index in [2.05, 4.69) is 10.3 Å². The second-order valence-electron chi connectivity index (χ2n) is 5.67. The summed E-state index contributed by atoms with van der Waals surface area (Å²) in [5.74, 6) is -0.710. The zero-order chi connectivity index (χ0) is 19.6. The third kappa shape index (κ3) is 4.13. The molecule has 1 saturated heterocycles. The molecular formula is C17H12ClF3N4O2. The number of halogens is 4. The summed E-state index contributed by atoms with van der Waals surface area (Å²) in [5.41, 5.74) is 0.624. The number of nitrogens with zero attached hydrogens (tertiary/aromatic N) is 3. The van der Waals surface area contributed by atoms with Crippen molar-refractivity contribution in [3.05, 3.63) is 53.3 Å². The van der Waals surface area contributed by atoms with Crippen LogP contribution in [0.5, 0.6) is 0 Å². The average molecular weight is 397 g/mol. The maximum atomic E-state index is 13.4. The van der Waals surface area contributed by atoms with Gasteiger partial charge in [0.1, 0.15) is 6.07 Å². The smallest absolute Gasteiger partial charge is 0.335 e. The summed E-state index contributed by atoms with van der Waals surface area (Å²) in [6.07, 6.45) is -5.51. The van der Waals surface area contributed by atoms with E-state index in [1.807, 2.05) is 6.07 Å². The molecule has 1 aliphatic heterocycles. The minimum absolute atomic E-state index is 0.0145. The van der Waals surface area contributed by atoms with Gasteiger partial charge in [0.25, 0.3) is 5.91 Å². The molecule has 0 bridgehead atoms. The molecule has 1 aliphatic rings. The number of pyridine rings is 1. The first-order chi connectivity index (χ1) is 12.8. The second-order valence-corrected chi connectivity index (χ2v) is 6.08. The summed E-state index contributed by atoms with van der Waals surface area (Å²) >= 11 is 5.92. The molecule has 140 valence electrons. The monoisotopic (exact) mass is 396 g/mol. The first-order valence-corrected chi connectivity index (χ1v) is 8.07. The Balaban J connectivity index is 1.84. The summed E-state index contributed by atoms with van der Waals surface area (Å²) in [6, 6.07) is 8.73. The molecule has 1 aromatic carbocycles. The highest BCUT2D eigenvalue weighted by Crippen LogP contribution is 2.36. The van der Waals surface area contributed by atoms with Gasteiger partial charge in [-0.1, -0.05) is 11.6 Å². The van der Waals surface area contributed by atoms with E-state index in [9.17, 15) is 18.0 Å². The number of hydrogen-bond donors (Lipinski definition) is 1. The maximum Gasteiger partial charge on any atom is 0.433 e. The lowest BCUT2D eigenvalue weighted by atomic mass is 10.2. The number of nitriles is 1. The van der Waals surface area contributed by atoms with Crippen LogP contribution in [0.4, 0.5) is 24.5 Å². The van der Waals surface area contributed by atoms with Gasteiger partial charge in [-0.25, -0.2) is 0 Å². The third-order valence-electron chi connectivity index (χ3n) is 3.86. The third-order valence-corrected chi connectivity index (χ3v) is 4.18. The van der Waals surface area contributed by atoms with Crippen molar-refractivity contribution < 1.29 is 22.7 Å². The van der Waals surface area contributed by atoms with Gasteiger partial charge in [0.05, 0.1) is 17.1 Å². The van der Waals surface area contributed by atoms with E-state index in [4.69, 9.17) is 21.6 Å². The Morgan fingerprint density at radius 3 is 2.63 bits per heavy atom. The lowest BCUT2D eigenvalue weighted by molar-refractivity contribution is -0.212. The number of hydrogen-bond acceptors (Lipinski definition) is 5. The number of alkyl halides is 3. The Kier molecular flexibility index (Phi) is 5.21. The Bertz CT molecular complexity index is 886. The van der Waals surface area contributed by atoms with Gasteiger partial charge in [-0.15, -0.1) is 0 Å². The molecule has 0 spiro atoms. The van der Waals surface area contributed by atoms with Gasteiger partial charge >= 0.3 is 6.18 Å². The summed E-state index contributed by atoms with van der Waals surface area (Å²) in [4.78, 5) is 17.0. The summed E-state index contributed by atoms with van der Waals surface area (Å²) in [5, 5.41) is 11.4. The minimum atomic E-state index is -4.73. The largest absolute Gasteiger partial charge is 0.433 e. The zero-order valence-corrected chi connectivity index (χ0v) is 14.3. The van der Waals surface area contributed by atoms with E-state index >= 15 is 0 Å². The molecule has 6 nitrogen and oxygen atoms in total. The Hall–Kier alpha value is -2.83. The fraction of sp³-hybridized carbons (Fsp3) is 0.235. The molecule has 1 aromatic heterocycles. The first kappa shape index (κ1) is 18.9. The fourth-order valence-corrected chi connectivity index (χ4v) is 2.83. The molecule has 1 amide bonds. The quantitative estimate of drug-likeness (QED) is 0.861. The van der Waals surface area contributed by atoms with Gasteiger partial charge in [-0.3, -0.25) is 9.78 Å². The van der Waals surface area contributed by atoms with Gasteiger partial charge in [-0.05, 0) is 30.3 Å². The fourth-order valence-electron chi connectivity index (χ4n) is 2.62. The summed E-state index contributed by atoms with van der Waals surface area (Å²) in [6.45, 7) is -0.330. The van der Waals surface area contributed by atoms with E-state index in [0.29, 0.717) is 5.69 Å². The highest BCUT2D eigenvalue weighted by atomic mass is 35.5. The molecule has 0 unspecified atom stereocenters. The van der Waals surface area contributed by atoms with Crippen LogP contribution in [-0.4, -0.2) is 35.9 Å². The number of carbonyl (C=O) groups excluding carboxylic acids is 1. The Labute approximate surface area is 157 Å². The molecule has 3 rings (SSSR count). The van der Waals surface area contributed by atoms with Gasteiger partial charge in [0.15, 0.2) is 6.10 Å². The highest BCUT2D eigenvalue weighted by molar-refractivity contribution is 6.32. The predicted octanol–water partition coefficient (Wildman–Crippen LogP) is 3.34. The van der Waals surface area contributed by atoms with Crippen LogP contribution < -0.4 is 10.2 Å². The number of benzene rings is 1. The number of nitrogens with one attached hydrogen (secondary N) is 1. The molecule has 1 N–H and O–H groups in total. The second kappa shape index (κ2) is 7.42. The van der Waals surface area contributed by atoms with Crippen molar-refractivity contribution in [3.63, 3.8) is 0 Å². The molecule has 0 aliphatic carbocycles. The number of aromatic nitrogens is 1. The van der Waals surface area contributed by atoms with Crippen LogP contribution >= 0.6 is 11.6 Å². The van der Waals surface area contributed by atoms with E-state index < -0.39 is 24.4 Å². The molecule has 2 heterocycles. The Morgan fingerprint density at radius 1 is 1.33 bits per heavy atom. The van der Waals surface area contributed by atoms with Crippen LogP contribution in [0.2, 0.25) is 5.02 Å². The van der Waals surface area contributed by atoms with Gasteiger partial charge in [0.2, 0.25) is 6.23 Å². The van der Waals surface area contributed by atoms with Crippen molar-refractivity contribution in [2.24, 2.45) is 0 Å². The predicted molar refractivity (Wildman–Crippen MR) is 91.1 cm³/mol. The van der Waals surface area contributed by atoms with E-state index in [0.717, 1.165) is 4.90 Å². The number of anilines is 2. The normalized spacial score (nSPS) is 19.6. The van der Waals surface area contributed by atoms with Gasteiger partial charge in [-0.2, -0.15) is 18.4 Å². The lowest BCUT2D eigenvalue weighted by Gasteiger charge is -2.26. The van der Waals surface area contributed by atoms with Crippen molar-refractivity contribution in [2.45, 2.75) is 18.5 Å². The zero-order valence-electron chi connectivity index (χ0n) is 13.6. The molecule has 2 aromatic rings. The van der Waals surface area contributed by atoms with Gasteiger partial charge in [0, 0.05) is 23.8 Å². The molecule has 2 atom stereocenters. The van der Waals surface area contributed by atoms with Crippen LogP contribution in [0.3, 0.4) is 0 Å². The standard InChI is InChI=1S/C17H12ClF3N4O2/c18-13-7-12(2-1-10(13)8-22)25-9-14(27-16(25)17(19,20)21)15(26)24-11-3-5-23-6-4-11/h1-7,14,16H,9H2,(H,23,24,26)/t14-,16+/m0/s1. The van der Waals surface area contributed by atoms with Crippen molar-refractivity contribution in [1.82, 2.24) is 4.98 Å². The van der Waals surface area contributed by atoms with Crippen molar-refractivity contribution >= 4 is 28.9 Å². The molecule has 27 heavy (non-hydrogen) atoms. The summed E-state index contributed by atoms with van der Waals surface area (Å²) in [7, 11) is 0. The van der Waals surface area contributed by atoms with Gasteiger partial charge < -0.3 is 15.0 Å². The Morgan fingerprint density at radius 2 is 2.04 bits per heavy atom. The highest BCUT2D eigenvalue weighted by Gasteiger charge is 2.52.